The number of para-hydroxylation sites is 1. The third-order valence-corrected chi connectivity index (χ3v) is 6.22. The maximum Gasteiger partial charge on any atom is 0.409 e. The van der Waals surface area contributed by atoms with Gasteiger partial charge in [-0.1, -0.05) is 74.8 Å². The summed E-state index contributed by atoms with van der Waals surface area (Å²) in [5.41, 5.74) is 1.55. The summed E-state index contributed by atoms with van der Waals surface area (Å²) in [6.45, 7) is 11.7. The second-order valence-electron chi connectivity index (χ2n) is 9.54. The predicted octanol–water partition coefficient (Wildman–Crippen LogP) is 6.10. The molecule has 0 saturated carbocycles. The third kappa shape index (κ3) is 5.18. The number of carbonyl (C=O) groups excluding carboxylic acids is 2. The number of nitrogens with zero attached hydrogens (tertiary/aromatic N) is 1. The van der Waals surface area contributed by atoms with Gasteiger partial charge in [0, 0.05) is 10.3 Å². The molecule has 7 heteroatoms. The molecule has 5 nitrogen and oxygen atoms in total. The Labute approximate surface area is 193 Å². The molecule has 2 amide bonds. The smallest absolute Gasteiger partial charge is 0.409 e. The number of fused-ring (bicyclic) bond motifs is 1. The number of hydrogen-bond acceptors (Lipinski definition) is 4. The van der Waals surface area contributed by atoms with Gasteiger partial charge in [0.25, 0.3) is 5.91 Å². The van der Waals surface area contributed by atoms with Crippen LogP contribution in [0.4, 0.5) is 10.5 Å². The van der Waals surface area contributed by atoms with E-state index in [0.717, 1.165) is 5.56 Å². The van der Waals surface area contributed by atoms with Crippen LogP contribution in [-0.4, -0.2) is 22.3 Å². The largest absolute Gasteiger partial charge is 0.444 e. The topological polar surface area (TPSA) is 58.6 Å². The molecule has 0 saturated heterocycles. The average molecular weight is 461 g/mol. The highest BCUT2D eigenvalue weighted by Gasteiger charge is 2.55. The van der Waals surface area contributed by atoms with Crippen molar-refractivity contribution >= 4 is 41.1 Å². The lowest BCUT2D eigenvalue weighted by molar-refractivity contribution is -0.121. The van der Waals surface area contributed by atoms with Crippen LogP contribution in [-0.2, 0) is 20.9 Å². The van der Waals surface area contributed by atoms with Crippen LogP contribution in [0.1, 0.15) is 52.7 Å². The van der Waals surface area contributed by atoms with E-state index < -0.39 is 16.6 Å². The quantitative estimate of drug-likeness (QED) is 0.560. The van der Waals surface area contributed by atoms with Crippen LogP contribution in [0.15, 0.2) is 48.5 Å². The van der Waals surface area contributed by atoms with Gasteiger partial charge in [0.15, 0.2) is 4.87 Å². The summed E-state index contributed by atoms with van der Waals surface area (Å²) in [5, 5.41) is 3.37. The van der Waals surface area contributed by atoms with Gasteiger partial charge >= 0.3 is 6.09 Å². The van der Waals surface area contributed by atoms with Crippen molar-refractivity contribution in [1.82, 2.24) is 5.32 Å². The lowest BCUT2D eigenvalue weighted by Crippen LogP contribution is -2.53. The lowest BCUT2D eigenvalue weighted by Gasteiger charge is -2.35. The van der Waals surface area contributed by atoms with Gasteiger partial charge in [-0.2, -0.15) is 0 Å². The molecule has 0 aromatic heterocycles. The molecule has 0 spiro atoms. The van der Waals surface area contributed by atoms with E-state index in [1.54, 1.807) is 37.8 Å². The highest BCUT2D eigenvalue weighted by molar-refractivity contribution is 8.02. The molecule has 1 atom stereocenters. The Kier molecular flexibility index (Phi) is 6.36. The Morgan fingerprint density at radius 3 is 2.29 bits per heavy atom. The molecule has 31 heavy (non-hydrogen) atoms. The van der Waals surface area contributed by atoms with Crippen molar-refractivity contribution in [3.63, 3.8) is 0 Å². The Morgan fingerprint density at radius 2 is 1.71 bits per heavy atom. The summed E-state index contributed by atoms with van der Waals surface area (Å²) in [4.78, 5) is 27.2. The van der Waals surface area contributed by atoms with E-state index in [2.05, 4.69) is 5.32 Å². The van der Waals surface area contributed by atoms with Gasteiger partial charge in [0.05, 0.1) is 17.3 Å². The Hall–Kier alpha value is -2.18. The summed E-state index contributed by atoms with van der Waals surface area (Å²) in [7, 11) is 0. The fourth-order valence-electron chi connectivity index (χ4n) is 3.55. The Morgan fingerprint density at radius 1 is 1.06 bits per heavy atom. The van der Waals surface area contributed by atoms with Crippen molar-refractivity contribution in [3.8, 4) is 0 Å². The summed E-state index contributed by atoms with van der Waals surface area (Å²) in [6, 6.07) is 15.1. The van der Waals surface area contributed by atoms with E-state index in [1.807, 2.05) is 57.2 Å². The molecule has 0 bridgehead atoms. The van der Waals surface area contributed by atoms with Gasteiger partial charge in [-0.15, -0.1) is 11.8 Å². The number of carbonyl (C=O) groups is 2. The van der Waals surface area contributed by atoms with Crippen molar-refractivity contribution < 1.29 is 14.3 Å². The number of alkyl carbamates (subject to hydrolysis) is 1. The molecule has 2 aromatic rings. The van der Waals surface area contributed by atoms with Gasteiger partial charge < -0.3 is 9.64 Å². The minimum Gasteiger partial charge on any atom is -0.444 e. The molecular weight excluding hydrogens is 432 g/mol. The van der Waals surface area contributed by atoms with E-state index in [9.17, 15) is 9.59 Å². The SMILES string of the molecule is CC(C)(C)OC(=O)N[C@@]1(SC(C)(C)C)C(=O)N(Cc2ccccc2)c2c(Cl)cccc21. The maximum absolute atomic E-state index is 14.0. The zero-order valence-electron chi connectivity index (χ0n) is 18.8. The predicted molar refractivity (Wildman–Crippen MR) is 127 cm³/mol. The summed E-state index contributed by atoms with van der Waals surface area (Å²) < 4.78 is 5.18. The number of anilines is 1. The number of rotatable bonds is 4. The molecule has 1 aliphatic rings. The molecule has 166 valence electrons. The molecule has 1 heterocycles. The molecule has 0 unspecified atom stereocenters. The van der Waals surface area contributed by atoms with Gasteiger partial charge in [0.1, 0.15) is 5.60 Å². The minimum atomic E-state index is -1.35. The number of thioether (sulfide) groups is 1. The minimum absolute atomic E-state index is 0.245. The van der Waals surface area contributed by atoms with Gasteiger partial charge in [-0.05, 0) is 32.4 Å². The van der Waals surface area contributed by atoms with Crippen molar-refractivity contribution in [1.29, 1.82) is 0 Å². The fraction of sp³-hybridized carbons (Fsp3) is 0.417. The number of ether oxygens (including phenoxy) is 1. The van der Waals surface area contributed by atoms with Crippen molar-refractivity contribution in [3.05, 3.63) is 64.7 Å². The number of benzene rings is 2. The van der Waals surface area contributed by atoms with Crippen LogP contribution in [0.25, 0.3) is 0 Å². The van der Waals surface area contributed by atoms with Crippen LogP contribution in [0.2, 0.25) is 5.02 Å². The van der Waals surface area contributed by atoms with Gasteiger partial charge in [-0.3, -0.25) is 10.1 Å². The van der Waals surface area contributed by atoms with Crippen LogP contribution in [0.3, 0.4) is 0 Å². The van der Waals surface area contributed by atoms with Gasteiger partial charge in [-0.25, -0.2) is 4.79 Å². The van der Waals surface area contributed by atoms with Crippen LogP contribution in [0.5, 0.6) is 0 Å². The molecule has 3 rings (SSSR count). The van der Waals surface area contributed by atoms with Crippen LogP contribution >= 0.6 is 23.4 Å². The van der Waals surface area contributed by atoms with E-state index in [-0.39, 0.29) is 10.7 Å². The number of hydrogen-bond donors (Lipinski definition) is 1. The Bertz CT molecular complexity index is 983. The lowest BCUT2D eigenvalue weighted by atomic mass is 10.1. The van der Waals surface area contributed by atoms with E-state index in [0.29, 0.717) is 22.8 Å². The summed E-state index contributed by atoms with van der Waals surface area (Å²) >= 11 is 7.97. The maximum atomic E-state index is 14.0. The molecule has 0 aliphatic carbocycles. The Balaban J connectivity index is 2.12. The third-order valence-electron chi connectivity index (χ3n) is 4.50. The van der Waals surface area contributed by atoms with Crippen molar-refractivity contribution in [2.45, 2.75) is 63.3 Å². The van der Waals surface area contributed by atoms with E-state index >= 15 is 0 Å². The van der Waals surface area contributed by atoms with Gasteiger partial charge in [0.2, 0.25) is 0 Å². The van der Waals surface area contributed by atoms with E-state index in [4.69, 9.17) is 16.3 Å². The number of halogens is 1. The highest BCUT2D eigenvalue weighted by Crippen LogP contribution is 2.53. The second-order valence-corrected chi connectivity index (χ2v) is 12.0. The zero-order chi connectivity index (χ0) is 23.0. The zero-order valence-corrected chi connectivity index (χ0v) is 20.4. The average Bonchev–Trinajstić information content (AvgIpc) is 2.83. The molecule has 1 aliphatic heterocycles. The molecule has 1 N–H and O–H groups in total. The molecular formula is C24H29ClN2O3S. The van der Waals surface area contributed by atoms with Crippen LogP contribution in [0, 0.1) is 0 Å². The monoisotopic (exact) mass is 460 g/mol. The number of nitrogens with one attached hydrogen (secondary N) is 1. The first-order chi connectivity index (χ1) is 14.3. The summed E-state index contributed by atoms with van der Waals surface area (Å²) in [5.74, 6) is -0.245. The first-order valence-corrected chi connectivity index (χ1v) is 11.4. The normalized spacial score (nSPS) is 18.7. The fourth-order valence-corrected chi connectivity index (χ4v) is 5.35. The highest BCUT2D eigenvalue weighted by atomic mass is 35.5. The second kappa shape index (κ2) is 8.40. The molecule has 2 aromatic carbocycles. The first kappa shape index (κ1) is 23.5. The first-order valence-electron chi connectivity index (χ1n) is 10.2. The molecule has 0 radical (unpaired) electrons. The van der Waals surface area contributed by atoms with Crippen LogP contribution < -0.4 is 10.2 Å². The van der Waals surface area contributed by atoms with Crippen molar-refractivity contribution in [2.24, 2.45) is 0 Å². The standard InChI is InChI=1S/C24H29ClN2O3S/c1-22(2,3)30-21(29)26-24(31-23(4,5)6)17-13-10-14-18(25)19(17)27(20(24)28)15-16-11-8-7-9-12-16/h7-14H,15H2,1-6H3,(H,26,29)/t24-/m0/s1. The number of amides is 2. The molecule has 0 fully saturated rings. The summed E-state index contributed by atoms with van der Waals surface area (Å²) in [6.07, 6.45) is -0.648. The van der Waals surface area contributed by atoms with E-state index in [1.165, 1.54) is 11.8 Å². The van der Waals surface area contributed by atoms with Crippen molar-refractivity contribution in [2.75, 3.05) is 4.90 Å².